The van der Waals surface area contributed by atoms with Crippen LogP contribution in [0.3, 0.4) is 0 Å². The third kappa shape index (κ3) is 2.02. The van der Waals surface area contributed by atoms with Gasteiger partial charge in [-0.05, 0) is 43.8 Å². The lowest BCUT2D eigenvalue weighted by Gasteiger charge is -2.82. The molecule has 0 aromatic heterocycles. The van der Waals surface area contributed by atoms with Crippen LogP contribution >= 0.6 is 0 Å². The fourth-order valence-corrected chi connectivity index (χ4v) is 6.35. The fourth-order valence-electron chi connectivity index (χ4n) is 6.35. The summed E-state index contributed by atoms with van der Waals surface area (Å²) in [6.07, 6.45) is 0. The van der Waals surface area contributed by atoms with Gasteiger partial charge in [-0.25, -0.2) is 0 Å². The summed E-state index contributed by atoms with van der Waals surface area (Å²) in [5.74, 6) is 0.634. The van der Waals surface area contributed by atoms with Gasteiger partial charge in [0.1, 0.15) is 0 Å². The van der Waals surface area contributed by atoms with Crippen LogP contribution in [0.15, 0.2) is 0 Å². The van der Waals surface area contributed by atoms with Crippen LogP contribution in [0.25, 0.3) is 0 Å². The van der Waals surface area contributed by atoms with Gasteiger partial charge in [0.05, 0.1) is 0 Å². The summed E-state index contributed by atoms with van der Waals surface area (Å²) in [6, 6.07) is 0. The summed E-state index contributed by atoms with van der Waals surface area (Å²) in [7, 11) is 0. The van der Waals surface area contributed by atoms with E-state index in [4.69, 9.17) is 0 Å². The standard InChI is InChI=1S/C23H46/c1-16(18(5,6)17(2,3)4)19(7,8)23(15)21(11,12)20(9,10)22(23,13)14/h16H,1-15H3. The van der Waals surface area contributed by atoms with Gasteiger partial charge in [0, 0.05) is 0 Å². The Bertz CT molecular complexity index is 445. The summed E-state index contributed by atoms with van der Waals surface area (Å²) in [6.45, 7) is 37.3. The van der Waals surface area contributed by atoms with Crippen molar-refractivity contribution in [2.45, 2.75) is 104 Å². The van der Waals surface area contributed by atoms with E-state index in [9.17, 15) is 0 Å². The van der Waals surface area contributed by atoms with E-state index in [1.807, 2.05) is 0 Å². The third-order valence-corrected chi connectivity index (χ3v) is 11.0. The van der Waals surface area contributed by atoms with Crippen LogP contribution in [0.4, 0.5) is 0 Å². The molecular formula is C23H46. The van der Waals surface area contributed by atoms with Crippen LogP contribution in [0, 0.1) is 43.8 Å². The number of hydrogen-bond donors (Lipinski definition) is 0. The number of rotatable bonds is 3. The van der Waals surface area contributed by atoms with E-state index in [1.54, 1.807) is 0 Å². The first-order chi connectivity index (χ1) is 9.65. The Kier molecular flexibility index (Phi) is 4.38. The van der Waals surface area contributed by atoms with Gasteiger partial charge in [0.15, 0.2) is 0 Å². The molecule has 0 amide bonds. The largest absolute Gasteiger partial charge is 0.0614 e. The van der Waals surface area contributed by atoms with Gasteiger partial charge in [0.2, 0.25) is 0 Å². The quantitative estimate of drug-likeness (QED) is 0.497. The SMILES string of the molecule is CC(C(C)(C)C(C)(C)C)C(C)(C)C1(C)C(C)(C)C(C)(C)C1(C)C. The van der Waals surface area contributed by atoms with Crippen molar-refractivity contribution >= 4 is 0 Å². The van der Waals surface area contributed by atoms with Crippen LogP contribution in [0.1, 0.15) is 104 Å². The van der Waals surface area contributed by atoms with E-state index >= 15 is 0 Å². The molecule has 1 fully saturated rings. The first-order valence-corrected chi connectivity index (χ1v) is 9.65. The lowest BCUT2D eigenvalue weighted by molar-refractivity contribution is -0.350. The highest BCUT2D eigenvalue weighted by atomic mass is 14.8. The Balaban J connectivity index is 3.50. The van der Waals surface area contributed by atoms with Crippen molar-refractivity contribution in [2.24, 2.45) is 43.8 Å². The lowest BCUT2D eigenvalue weighted by Crippen LogP contribution is -2.77. The van der Waals surface area contributed by atoms with Gasteiger partial charge >= 0.3 is 0 Å². The minimum atomic E-state index is 0.256. The zero-order valence-corrected chi connectivity index (χ0v) is 19.1. The lowest BCUT2D eigenvalue weighted by atomic mass is 9.22. The molecule has 138 valence electrons. The molecule has 0 spiro atoms. The highest BCUT2D eigenvalue weighted by Gasteiger charge is 2.78. The average molecular weight is 323 g/mol. The van der Waals surface area contributed by atoms with E-state index in [0.717, 1.165) is 0 Å². The molecule has 0 saturated heterocycles. The molecule has 0 N–H and O–H groups in total. The Morgan fingerprint density at radius 3 is 1.13 bits per heavy atom. The molecule has 0 nitrogen and oxygen atoms in total. The van der Waals surface area contributed by atoms with Crippen LogP contribution in [0.2, 0.25) is 0 Å². The summed E-state index contributed by atoms with van der Waals surface area (Å²) in [4.78, 5) is 0. The maximum Gasteiger partial charge on any atom is -0.0159 e. The van der Waals surface area contributed by atoms with Crippen molar-refractivity contribution in [3.63, 3.8) is 0 Å². The topological polar surface area (TPSA) is 0 Å². The highest BCUT2D eigenvalue weighted by molar-refractivity contribution is 5.25. The predicted octanol–water partition coefficient (Wildman–Crippen LogP) is 7.82. The first kappa shape index (κ1) is 21.0. The molecule has 1 aliphatic rings. The molecule has 0 radical (unpaired) electrons. The van der Waals surface area contributed by atoms with Gasteiger partial charge in [-0.1, -0.05) is 104 Å². The maximum absolute atomic E-state index is 2.58. The molecule has 23 heavy (non-hydrogen) atoms. The molecule has 0 aromatic rings. The van der Waals surface area contributed by atoms with Gasteiger partial charge in [-0.2, -0.15) is 0 Å². The number of hydrogen-bond acceptors (Lipinski definition) is 0. The smallest absolute Gasteiger partial charge is 0.0159 e. The molecule has 1 saturated carbocycles. The molecule has 0 aliphatic heterocycles. The first-order valence-electron chi connectivity index (χ1n) is 9.65. The van der Waals surface area contributed by atoms with Crippen molar-refractivity contribution in [3.05, 3.63) is 0 Å². The second kappa shape index (κ2) is 4.79. The van der Waals surface area contributed by atoms with Crippen molar-refractivity contribution in [2.75, 3.05) is 0 Å². The van der Waals surface area contributed by atoms with Gasteiger partial charge in [0.25, 0.3) is 0 Å². The molecule has 1 unspecified atom stereocenters. The van der Waals surface area contributed by atoms with Crippen molar-refractivity contribution in [1.82, 2.24) is 0 Å². The Morgan fingerprint density at radius 1 is 0.565 bits per heavy atom. The molecule has 0 heteroatoms. The summed E-state index contributed by atoms with van der Waals surface area (Å²) < 4.78 is 0. The Labute approximate surface area is 148 Å². The van der Waals surface area contributed by atoms with Crippen LogP contribution in [-0.2, 0) is 0 Å². The molecule has 1 atom stereocenters. The van der Waals surface area contributed by atoms with Gasteiger partial charge in [-0.3, -0.25) is 0 Å². The Morgan fingerprint density at radius 2 is 0.870 bits per heavy atom. The van der Waals surface area contributed by atoms with E-state index < -0.39 is 0 Å². The van der Waals surface area contributed by atoms with Crippen LogP contribution < -0.4 is 0 Å². The summed E-state index contributed by atoms with van der Waals surface area (Å²) >= 11 is 0. The second-order valence-corrected chi connectivity index (χ2v) is 12.4. The predicted molar refractivity (Wildman–Crippen MR) is 106 cm³/mol. The average Bonchev–Trinajstić information content (AvgIpc) is 2.33. The van der Waals surface area contributed by atoms with E-state index in [0.29, 0.717) is 33.0 Å². The highest BCUT2D eigenvalue weighted by Crippen LogP contribution is 2.84. The minimum Gasteiger partial charge on any atom is -0.0614 e. The molecule has 1 rings (SSSR count). The molecule has 0 aromatic carbocycles. The van der Waals surface area contributed by atoms with E-state index in [1.165, 1.54) is 0 Å². The molecule has 0 heterocycles. The summed E-state index contributed by atoms with van der Waals surface area (Å²) in [5, 5.41) is 0. The normalized spacial score (nSPS) is 27.3. The molecular weight excluding hydrogens is 276 g/mol. The fraction of sp³-hybridized carbons (Fsp3) is 1.00. The van der Waals surface area contributed by atoms with Crippen molar-refractivity contribution in [3.8, 4) is 0 Å². The van der Waals surface area contributed by atoms with Crippen LogP contribution in [-0.4, -0.2) is 0 Å². The van der Waals surface area contributed by atoms with E-state index in [-0.39, 0.29) is 10.8 Å². The van der Waals surface area contributed by atoms with Gasteiger partial charge < -0.3 is 0 Å². The summed E-state index contributed by atoms with van der Waals surface area (Å²) in [5.41, 5.74) is 2.10. The zero-order chi connectivity index (χ0) is 19.1. The minimum absolute atomic E-state index is 0.256. The maximum atomic E-state index is 2.58. The van der Waals surface area contributed by atoms with E-state index in [2.05, 4.69) is 104 Å². The Hall–Kier alpha value is 0. The molecule has 1 aliphatic carbocycles. The van der Waals surface area contributed by atoms with Crippen LogP contribution in [0.5, 0.6) is 0 Å². The van der Waals surface area contributed by atoms with Crippen molar-refractivity contribution in [1.29, 1.82) is 0 Å². The monoisotopic (exact) mass is 322 g/mol. The second-order valence-electron chi connectivity index (χ2n) is 12.4. The van der Waals surface area contributed by atoms with Crippen molar-refractivity contribution < 1.29 is 0 Å². The third-order valence-electron chi connectivity index (χ3n) is 11.0. The zero-order valence-electron chi connectivity index (χ0n) is 19.1. The van der Waals surface area contributed by atoms with Gasteiger partial charge in [-0.15, -0.1) is 0 Å². The molecule has 0 bridgehead atoms.